The quantitative estimate of drug-likeness (QED) is 0.445. The Balaban J connectivity index is 1.58. The molecule has 0 spiro atoms. The first-order chi connectivity index (χ1) is 14.5. The van der Waals surface area contributed by atoms with Crippen molar-refractivity contribution in [1.82, 2.24) is 5.32 Å². The van der Waals surface area contributed by atoms with E-state index in [1.54, 1.807) is 55.6 Å². The maximum absolute atomic E-state index is 11.8. The lowest BCUT2D eigenvalue weighted by Gasteiger charge is -2.08. The lowest BCUT2D eigenvalue weighted by molar-refractivity contribution is -0.148. The highest BCUT2D eigenvalue weighted by Crippen LogP contribution is 2.17. The van der Waals surface area contributed by atoms with Crippen molar-refractivity contribution in [2.24, 2.45) is 0 Å². The van der Waals surface area contributed by atoms with E-state index in [0.29, 0.717) is 24.3 Å². The summed E-state index contributed by atoms with van der Waals surface area (Å²) < 4.78 is 20.2. The Labute approximate surface area is 175 Å². The molecular weight excluding hydrogens is 390 g/mol. The highest BCUT2D eigenvalue weighted by molar-refractivity contribution is 5.89. The summed E-state index contributed by atoms with van der Waals surface area (Å²) in [5.74, 6) is 0.123. The third-order valence-corrected chi connectivity index (χ3v) is 4.08. The Morgan fingerprint density at radius 2 is 1.57 bits per heavy atom. The van der Waals surface area contributed by atoms with E-state index in [4.69, 9.17) is 14.2 Å². The summed E-state index contributed by atoms with van der Waals surface area (Å²) in [5, 5.41) is 2.65. The fraction of sp³-hybridized carbons (Fsp3) is 0.318. The van der Waals surface area contributed by atoms with Gasteiger partial charge in [0.15, 0.2) is 6.61 Å². The van der Waals surface area contributed by atoms with Gasteiger partial charge in [-0.2, -0.15) is 0 Å². The van der Waals surface area contributed by atoms with Gasteiger partial charge in [0.1, 0.15) is 11.5 Å². The fourth-order valence-electron chi connectivity index (χ4n) is 2.42. The number of amides is 1. The first-order valence-electron chi connectivity index (χ1n) is 9.38. The fourth-order valence-corrected chi connectivity index (χ4v) is 2.42. The SMILES string of the molecule is COC(=O)c1ccc(CNC(=O)COC(=O)CCCOc2ccc(OC)cc2)cc1. The molecule has 8 heteroatoms. The molecule has 0 aliphatic heterocycles. The zero-order valence-electron chi connectivity index (χ0n) is 17.0. The maximum Gasteiger partial charge on any atom is 0.337 e. The number of esters is 2. The number of hydrogen-bond donors (Lipinski definition) is 1. The molecule has 1 N–H and O–H groups in total. The van der Waals surface area contributed by atoms with Gasteiger partial charge >= 0.3 is 11.9 Å². The lowest BCUT2D eigenvalue weighted by atomic mass is 10.1. The van der Waals surface area contributed by atoms with E-state index in [9.17, 15) is 14.4 Å². The second-order valence-electron chi connectivity index (χ2n) is 6.25. The third-order valence-electron chi connectivity index (χ3n) is 4.08. The van der Waals surface area contributed by atoms with Gasteiger partial charge in [-0.3, -0.25) is 9.59 Å². The number of rotatable bonds is 11. The molecule has 2 aromatic rings. The van der Waals surface area contributed by atoms with Crippen molar-refractivity contribution < 1.29 is 33.3 Å². The molecule has 0 radical (unpaired) electrons. The average Bonchev–Trinajstić information content (AvgIpc) is 2.79. The molecule has 0 aliphatic carbocycles. The summed E-state index contributed by atoms with van der Waals surface area (Å²) in [6.07, 6.45) is 0.622. The number of hydrogen-bond acceptors (Lipinski definition) is 7. The van der Waals surface area contributed by atoms with Crippen LogP contribution in [0.25, 0.3) is 0 Å². The molecule has 0 aliphatic rings. The van der Waals surface area contributed by atoms with Crippen LogP contribution in [0.5, 0.6) is 11.5 Å². The van der Waals surface area contributed by atoms with Crippen molar-refractivity contribution in [2.45, 2.75) is 19.4 Å². The van der Waals surface area contributed by atoms with Crippen molar-refractivity contribution in [2.75, 3.05) is 27.4 Å². The molecule has 0 unspecified atom stereocenters. The highest BCUT2D eigenvalue weighted by Gasteiger charge is 2.09. The van der Waals surface area contributed by atoms with E-state index in [0.717, 1.165) is 11.3 Å². The maximum atomic E-state index is 11.8. The Kier molecular flexibility index (Phi) is 9.18. The van der Waals surface area contributed by atoms with Crippen LogP contribution >= 0.6 is 0 Å². The molecule has 0 fully saturated rings. The van der Waals surface area contributed by atoms with Gasteiger partial charge in [0.05, 0.1) is 26.4 Å². The topological polar surface area (TPSA) is 100 Å². The van der Waals surface area contributed by atoms with Gasteiger partial charge in [-0.05, 0) is 48.4 Å². The molecule has 30 heavy (non-hydrogen) atoms. The standard InChI is InChI=1S/C22H25NO7/c1-27-18-9-11-19(12-10-18)29-13-3-4-21(25)30-15-20(24)23-14-16-5-7-17(8-6-16)22(26)28-2/h5-12H,3-4,13-15H2,1-2H3,(H,23,24). The van der Waals surface area contributed by atoms with Gasteiger partial charge in [-0.15, -0.1) is 0 Å². The van der Waals surface area contributed by atoms with Crippen LogP contribution in [0, 0.1) is 0 Å². The molecule has 0 aromatic heterocycles. The molecule has 0 bridgehead atoms. The molecule has 0 heterocycles. The smallest absolute Gasteiger partial charge is 0.337 e. The van der Waals surface area contributed by atoms with Crippen LogP contribution in [-0.2, 0) is 25.6 Å². The molecule has 1 amide bonds. The zero-order valence-corrected chi connectivity index (χ0v) is 17.0. The molecular formula is C22H25NO7. The molecule has 0 saturated carbocycles. The molecule has 2 aromatic carbocycles. The predicted octanol–water partition coefficient (Wildman–Crippen LogP) is 2.50. The van der Waals surface area contributed by atoms with Crippen LogP contribution in [-0.4, -0.2) is 45.3 Å². The minimum absolute atomic E-state index is 0.151. The summed E-state index contributed by atoms with van der Waals surface area (Å²) >= 11 is 0. The van der Waals surface area contributed by atoms with Gasteiger partial charge in [0.2, 0.25) is 0 Å². The Morgan fingerprint density at radius 3 is 2.20 bits per heavy atom. The molecule has 8 nitrogen and oxygen atoms in total. The second kappa shape index (κ2) is 12.1. The van der Waals surface area contributed by atoms with Crippen molar-refractivity contribution in [3.05, 3.63) is 59.7 Å². The van der Waals surface area contributed by atoms with E-state index >= 15 is 0 Å². The van der Waals surface area contributed by atoms with Gasteiger partial charge in [0.25, 0.3) is 5.91 Å². The lowest BCUT2D eigenvalue weighted by Crippen LogP contribution is -2.28. The monoisotopic (exact) mass is 415 g/mol. The van der Waals surface area contributed by atoms with Crippen LogP contribution in [0.15, 0.2) is 48.5 Å². The first kappa shape index (κ1) is 22.7. The first-order valence-corrected chi connectivity index (χ1v) is 9.38. The van der Waals surface area contributed by atoms with E-state index < -0.39 is 17.8 Å². The zero-order chi connectivity index (χ0) is 21.8. The van der Waals surface area contributed by atoms with Crippen molar-refractivity contribution in [3.63, 3.8) is 0 Å². The predicted molar refractivity (Wildman–Crippen MR) is 108 cm³/mol. The van der Waals surface area contributed by atoms with Gasteiger partial charge < -0.3 is 24.3 Å². The van der Waals surface area contributed by atoms with Crippen LogP contribution in [0.3, 0.4) is 0 Å². The number of ether oxygens (including phenoxy) is 4. The summed E-state index contributed by atoms with van der Waals surface area (Å²) in [5.41, 5.74) is 1.23. The van der Waals surface area contributed by atoms with Gasteiger partial charge in [0, 0.05) is 13.0 Å². The molecule has 0 saturated heterocycles. The van der Waals surface area contributed by atoms with E-state index in [1.807, 2.05) is 0 Å². The van der Waals surface area contributed by atoms with E-state index in [1.165, 1.54) is 7.11 Å². The van der Waals surface area contributed by atoms with E-state index in [-0.39, 0.29) is 19.6 Å². The summed E-state index contributed by atoms with van der Waals surface area (Å²) in [7, 11) is 2.90. The average molecular weight is 415 g/mol. The summed E-state index contributed by atoms with van der Waals surface area (Å²) in [4.78, 5) is 34.9. The minimum Gasteiger partial charge on any atom is -0.497 e. The highest BCUT2D eigenvalue weighted by atomic mass is 16.5. The Morgan fingerprint density at radius 1 is 0.900 bits per heavy atom. The van der Waals surface area contributed by atoms with Gasteiger partial charge in [-0.1, -0.05) is 12.1 Å². The number of nitrogens with one attached hydrogen (secondary N) is 1. The molecule has 160 valence electrons. The Bertz CT molecular complexity index is 832. The van der Waals surface area contributed by atoms with Crippen LogP contribution in [0.1, 0.15) is 28.8 Å². The number of methoxy groups -OCH3 is 2. The number of carbonyl (C=O) groups is 3. The van der Waals surface area contributed by atoms with Gasteiger partial charge in [-0.25, -0.2) is 4.79 Å². The molecule has 0 atom stereocenters. The minimum atomic E-state index is -0.467. The number of benzene rings is 2. The normalized spacial score (nSPS) is 10.1. The van der Waals surface area contributed by atoms with Crippen LogP contribution in [0.2, 0.25) is 0 Å². The third kappa shape index (κ3) is 7.83. The molecule has 2 rings (SSSR count). The van der Waals surface area contributed by atoms with Crippen LogP contribution in [0.4, 0.5) is 0 Å². The van der Waals surface area contributed by atoms with Crippen molar-refractivity contribution >= 4 is 17.8 Å². The van der Waals surface area contributed by atoms with Crippen molar-refractivity contribution in [3.8, 4) is 11.5 Å². The summed E-state index contributed by atoms with van der Waals surface area (Å²) in [6, 6.07) is 13.8. The Hall–Kier alpha value is -3.55. The van der Waals surface area contributed by atoms with E-state index in [2.05, 4.69) is 10.1 Å². The second-order valence-corrected chi connectivity index (χ2v) is 6.25. The number of carbonyl (C=O) groups excluding carboxylic acids is 3. The summed E-state index contributed by atoms with van der Waals surface area (Å²) in [6.45, 7) is 0.265. The van der Waals surface area contributed by atoms with Crippen LogP contribution < -0.4 is 14.8 Å². The van der Waals surface area contributed by atoms with Crippen molar-refractivity contribution in [1.29, 1.82) is 0 Å². The largest absolute Gasteiger partial charge is 0.497 e.